The number of aromatic nitrogens is 2. The molecule has 2 fully saturated rings. The van der Waals surface area contributed by atoms with Crippen molar-refractivity contribution in [1.82, 2.24) is 20.4 Å². The molecule has 31 heavy (non-hydrogen) atoms. The van der Waals surface area contributed by atoms with Gasteiger partial charge < -0.3 is 19.5 Å². The van der Waals surface area contributed by atoms with Gasteiger partial charge in [-0.3, -0.25) is 4.79 Å². The minimum absolute atomic E-state index is 0.0634. The fourth-order valence-electron chi connectivity index (χ4n) is 4.66. The molecule has 4 rings (SSSR count). The molecule has 2 aromatic rings. The van der Waals surface area contributed by atoms with Crippen LogP contribution in [-0.4, -0.2) is 59.7 Å². The number of fused-ring (bicyclic) bond motifs is 1. The van der Waals surface area contributed by atoms with Crippen molar-refractivity contribution in [3.8, 4) is 0 Å². The summed E-state index contributed by atoms with van der Waals surface area (Å²) < 4.78 is 9.90. The second-order valence-corrected chi connectivity index (χ2v) is 8.61. The molecular formula is C22H27ClN4O4. The summed E-state index contributed by atoms with van der Waals surface area (Å²) in [4.78, 5) is 31.1. The molecule has 2 atom stereocenters. The van der Waals surface area contributed by atoms with E-state index in [2.05, 4.69) is 20.4 Å². The number of halogens is 1. The number of hydrogen-bond donors (Lipinski definition) is 1. The van der Waals surface area contributed by atoms with E-state index in [4.69, 9.17) is 20.9 Å². The highest BCUT2D eigenvalue weighted by Crippen LogP contribution is 2.30. The van der Waals surface area contributed by atoms with Crippen LogP contribution in [-0.2, 0) is 11.2 Å². The number of nitrogens with one attached hydrogen (secondary N) is 1. The molecule has 8 nitrogen and oxygen atoms in total. The van der Waals surface area contributed by atoms with E-state index in [-0.39, 0.29) is 18.2 Å². The van der Waals surface area contributed by atoms with Crippen molar-refractivity contribution in [3.05, 3.63) is 46.1 Å². The lowest BCUT2D eigenvalue weighted by Crippen LogP contribution is -2.51. The predicted octanol–water partition coefficient (Wildman–Crippen LogP) is 3.09. The third kappa shape index (κ3) is 5.07. The number of piperidine rings is 2. The van der Waals surface area contributed by atoms with Gasteiger partial charge in [0.2, 0.25) is 0 Å². The third-order valence-electron chi connectivity index (χ3n) is 6.23. The van der Waals surface area contributed by atoms with Crippen molar-refractivity contribution in [2.45, 2.75) is 44.6 Å². The number of ether oxygens (including phenoxy) is 1. The highest BCUT2D eigenvalue weighted by molar-refractivity contribution is 6.31. The molecule has 0 aliphatic carbocycles. The number of hydrogen-bond acceptors (Lipinski definition) is 7. The van der Waals surface area contributed by atoms with Crippen molar-refractivity contribution in [3.63, 3.8) is 0 Å². The summed E-state index contributed by atoms with van der Waals surface area (Å²) in [6.07, 6.45) is 6.28. The van der Waals surface area contributed by atoms with Crippen LogP contribution in [0.5, 0.6) is 0 Å². The largest absolute Gasteiger partial charge is 0.465 e. The zero-order valence-electron chi connectivity index (χ0n) is 17.6. The Morgan fingerprint density at radius 3 is 2.94 bits per heavy atom. The van der Waals surface area contributed by atoms with E-state index in [9.17, 15) is 9.59 Å². The summed E-state index contributed by atoms with van der Waals surface area (Å²) in [6.45, 7) is 2.95. The Kier molecular flexibility index (Phi) is 6.87. The number of benzene rings is 1. The molecular weight excluding hydrogens is 420 g/mol. The van der Waals surface area contributed by atoms with Gasteiger partial charge in [0, 0.05) is 24.0 Å². The lowest BCUT2D eigenvalue weighted by molar-refractivity contribution is 0.0569. The maximum atomic E-state index is 12.6. The summed E-state index contributed by atoms with van der Waals surface area (Å²) in [7, 11) is 1.32. The van der Waals surface area contributed by atoms with Gasteiger partial charge in [-0.2, -0.15) is 4.98 Å². The number of rotatable bonds is 6. The number of amides is 1. The minimum Gasteiger partial charge on any atom is -0.465 e. The standard InChI is InChI=1S/C22H27ClN4O4/c1-30-22(29)14-7-8-17(23)16(11-14)12-19-25-21(31-26-19)20(28)24-13-15-5-4-10-27-9-3-2-6-18(15)27/h7-8,11,15,18H,2-6,9-10,12-13H2,1H3,(H,24,28)/t15-,18+/m0/s1. The normalized spacial score (nSPS) is 21.4. The molecule has 1 N–H and O–H groups in total. The van der Waals surface area contributed by atoms with Crippen molar-refractivity contribution < 1.29 is 18.8 Å². The van der Waals surface area contributed by atoms with Gasteiger partial charge in [-0.15, -0.1) is 0 Å². The fraction of sp³-hybridized carbons (Fsp3) is 0.545. The Morgan fingerprint density at radius 1 is 1.26 bits per heavy atom. The maximum absolute atomic E-state index is 12.6. The highest BCUT2D eigenvalue weighted by atomic mass is 35.5. The van der Waals surface area contributed by atoms with Crippen LogP contribution in [0, 0.1) is 5.92 Å². The van der Waals surface area contributed by atoms with Crippen LogP contribution < -0.4 is 5.32 Å². The molecule has 1 aromatic carbocycles. The lowest BCUT2D eigenvalue weighted by Gasteiger charge is -2.44. The molecule has 0 bridgehead atoms. The molecule has 0 spiro atoms. The van der Waals surface area contributed by atoms with Gasteiger partial charge in [0.1, 0.15) is 0 Å². The summed E-state index contributed by atoms with van der Waals surface area (Å²) in [5.41, 5.74) is 1.03. The predicted molar refractivity (Wildman–Crippen MR) is 114 cm³/mol. The van der Waals surface area contributed by atoms with Crippen LogP contribution >= 0.6 is 11.6 Å². The lowest BCUT2D eigenvalue weighted by atomic mass is 9.83. The van der Waals surface area contributed by atoms with Crippen LogP contribution in [0.25, 0.3) is 0 Å². The molecule has 166 valence electrons. The third-order valence-corrected chi connectivity index (χ3v) is 6.60. The van der Waals surface area contributed by atoms with Crippen LogP contribution in [0.1, 0.15) is 64.5 Å². The van der Waals surface area contributed by atoms with Crippen LogP contribution in [0.4, 0.5) is 0 Å². The van der Waals surface area contributed by atoms with Gasteiger partial charge in [0.05, 0.1) is 12.7 Å². The number of nitrogens with zero attached hydrogens (tertiary/aromatic N) is 3. The first-order chi connectivity index (χ1) is 15.0. The molecule has 0 radical (unpaired) electrons. The summed E-state index contributed by atoms with van der Waals surface area (Å²) in [6, 6.07) is 5.40. The van der Waals surface area contributed by atoms with E-state index in [1.54, 1.807) is 18.2 Å². The van der Waals surface area contributed by atoms with E-state index in [1.165, 1.54) is 45.9 Å². The molecule has 0 saturated carbocycles. The summed E-state index contributed by atoms with van der Waals surface area (Å²) in [5.74, 6) is -0.0940. The van der Waals surface area contributed by atoms with E-state index in [0.717, 1.165) is 6.42 Å². The van der Waals surface area contributed by atoms with Crippen LogP contribution in [0.15, 0.2) is 22.7 Å². The Hall–Kier alpha value is -2.45. The zero-order valence-corrected chi connectivity index (χ0v) is 18.4. The Labute approximate surface area is 186 Å². The molecule has 1 amide bonds. The first-order valence-electron chi connectivity index (χ1n) is 10.8. The first-order valence-corrected chi connectivity index (χ1v) is 11.1. The zero-order chi connectivity index (χ0) is 21.8. The fourth-order valence-corrected chi connectivity index (χ4v) is 4.84. The number of carbonyl (C=O) groups is 2. The number of methoxy groups -OCH3 is 1. The second-order valence-electron chi connectivity index (χ2n) is 8.20. The number of esters is 1. The summed E-state index contributed by atoms with van der Waals surface area (Å²) in [5, 5.41) is 7.34. The van der Waals surface area contributed by atoms with Crippen LogP contribution in [0.2, 0.25) is 5.02 Å². The quantitative estimate of drug-likeness (QED) is 0.681. The molecule has 2 saturated heterocycles. The highest BCUT2D eigenvalue weighted by Gasteiger charge is 2.33. The van der Waals surface area contributed by atoms with Crippen LogP contribution in [0.3, 0.4) is 0 Å². The van der Waals surface area contributed by atoms with Gasteiger partial charge in [-0.25, -0.2) is 4.79 Å². The average Bonchev–Trinajstić information content (AvgIpc) is 3.27. The first kappa shape index (κ1) is 21.8. The minimum atomic E-state index is -0.453. The average molecular weight is 447 g/mol. The SMILES string of the molecule is COC(=O)c1ccc(Cl)c(Cc2noc(C(=O)NC[C@@H]3CCCN4CCCC[C@H]34)n2)c1. The van der Waals surface area contributed by atoms with E-state index >= 15 is 0 Å². The molecule has 3 heterocycles. The van der Waals surface area contributed by atoms with E-state index in [1.807, 2.05) is 0 Å². The van der Waals surface area contributed by atoms with E-state index in [0.29, 0.717) is 40.5 Å². The van der Waals surface area contributed by atoms with Crippen molar-refractivity contribution in [2.24, 2.45) is 5.92 Å². The molecule has 9 heteroatoms. The van der Waals surface area contributed by atoms with Gasteiger partial charge >= 0.3 is 17.8 Å². The topological polar surface area (TPSA) is 97.6 Å². The van der Waals surface area contributed by atoms with Gasteiger partial charge in [0.25, 0.3) is 0 Å². The van der Waals surface area contributed by atoms with Gasteiger partial charge in [0.15, 0.2) is 5.82 Å². The number of carbonyl (C=O) groups excluding carboxylic acids is 2. The maximum Gasteiger partial charge on any atom is 0.337 e. The Bertz CT molecular complexity index is 945. The smallest absolute Gasteiger partial charge is 0.337 e. The van der Waals surface area contributed by atoms with Crippen molar-refractivity contribution in [2.75, 3.05) is 26.7 Å². The van der Waals surface area contributed by atoms with Crippen molar-refractivity contribution >= 4 is 23.5 Å². The van der Waals surface area contributed by atoms with E-state index < -0.39 is 5.97 Å². The molecule has 2 aliphatic rings. The van der Waals surface area contributed by atoms with Gasteiger partial charge in [-0.05, 0) is 68.5 Å². The molecule has 2 aliphatic heterocycles. The Morgan fingerprint density at radius 2 is 2.10 bits per heavy atom. The second kappa shape index (κ2) is 9.78. The Balaban J connectivity index is 1.36. The van der Waals surface area contributed by atoms with Gasteiger partial charge in [-0.1, -0.05) is 23.2 Å². The molecule has 1 aromatic heterocycles. The van der Waals surface area contributed by atoms with Crippen molar-refractivity contribution in [1.29, 1.82) is 0 Å². The monoisotopic (exact) mass is 446 g/mol. The summed E-state index contributed by atoms with van der Waals surface area (Å²) >= 11 is 6.23. The molecule has 0 unspecified atom stereocenters.